The first-order chi connectivity index (χ1) is 9.22. The Bertz CT molecular complexity index is 394. The molecule has 1 heterocycles. The molecule has 1 aromatic rings. The molecule has 106 valence electrons. The van der Waals surface area contributed by atoms with Crippen LogP contribution in [0.3, 0.4) is 0 Å². The average molecular weight is 268 g/mol. The molecule has 2 rings (SSSR count). The van der Waals surface area contributed by atoms with Crippen molar-refractivity contribution in [3.63, 3.8) is 0 Å². The van der Waals surface area contributed by atoms with Crippen molar-refractivity contribution < 1.29 is 14.2 Å². The molecule has 1 saturated carbocycles. The smallest absolute Gasteiger partial charge is 0.326 e. The Morgan fingerprint density at radius 2 is 1.47 bits per heavy atom. The number of hydrogen-bond donors (Lipinski definition) is 1. The van der Waals surface area contributed by atoms with Crippen LogP contribution in [0.1, 0.15) is 32.1 Å². The van der Waals surface area contributed by atoms with Crippen LogP contribution in [0.5, 0.6) is 18.0 Å². The van der Waals surface area contributed by atoms with Gasteiger partial charge in [0.05, 0.1) is 14.2 Å². The van der Waals surface area contributed by atoms with Crippen LogP contribution >= 0.6 is 0 Å². The highest BCUT2D eigenvalue weighted by Crippen LogP contribution is 2.22. The number of ether oxygens (including phenoxy) is 3. The molecule has 7 nitrogen and oxygen atoms in total. The Labute approximate surface area is 112 Å². The highest BCUT2D eigenvalue weighted by Gasteiger charge is 2.23. The minimum absolute atomic E-state index is 0.0104. The largest absolute Gasteiger partial charge is 0.467 e. The molecule has 0 saturated heterocycles. The van der Waals surface area contributed by atoms with Crippen LogP contribution in [0, 0.1) is 0 Å². The molecule has 19 heavy (non-hydrogen) atoms. The third-order valence-corrected chi connectivity index (χ3v) is 3.20. The zero-order chi connectivity index (χ0) is 13.7. The fourth-order valence-electron chi connectivity index (χ4n) is 2.14. The standard InChI is InChI=1S/C12H20N4O3/c1-17-10-14-11(18-2)16-12(15-10)19-9-7-5-3-4-6-8(9)13/h8-9H,3-7,13H2,1-2H3. The van der Waals surface area contributed by atoms with Gasteiger partial charge in [0.25, 0.3) is 0 Å². The van der Waals surface area contributed by atoms with Crippen LogP contribution in [0.15, 0.2) is 0 Å². The first kappa shape index (κ1) is 13.8. The van der Waals surface area contributed by atoms with Gasteiger partial charge in [0.1, 0.15) is 6.10 Å². The molecular formula is C12H20N4O3. The van der Waals surface area contributed by atoms with Crippen molar-refractivity contribution in [1.29, 1.82) is 0 Å². The molecule has 2 unspecified atom stereocenters. The van der Waals surface area contributed by atoms with E-state index in [2.05, 4.69) is 15.0 Å². The van der Waals surface area contributed by atoms with Crippen LogP contribution in [-0.4, -0.2) is 41.3 Å². The van der Waals surface area contributed by atoms with E-state index in [0.29, 0.717) is 0 Å². The van der Waals surface area contributed by atoms with Gasteiger partial charge < -0.3 is 19.9 Å². The van der Waals surface area contributed by atoms with Gasteiger partial charge >= 0.3 is 18.0 Å². The summed E-state index contributed by atoms with van der Waals surface area (Å²) >= 11 is 0. The van der Waals surface area contributed by atoms with Crippen LogP contribution in [-0.2, 0) is 0 Å². The molecule has 0 aliphatic heterocycles. The predicted octanol–water partition coefficient (Wildman–Crippen LogP) is 0.928. The van der Waals surface area contributed by atoms with Gasteiger partial charge in [-0.2, -0.15) is 0 Å². The van der Waals surface area contributed by atoms with Gasteiger partial charge in [-0.1, -0.05) is 12.8 Å². The lowest BCUT2D eigenvalue weighted by Crippen LogP contribution is -2.38. The van der Waals surface area contributed by atoms with Crippen LogP contribution in [0.2, 0.25) is 0 Å². The molecule has 0 aromatic carbocycles. The monoisotopic (exact) mass is 268 g/mol. The molecule has 0 amide bonds. The summed E-state index contributed by atoms with van der Waals surface area (Å²) in [5.74, 6) is 0. The van der Waals surface area contributed by atoms with E-state index < -0.39 is 0 Å². The van der Waals surface area contributed by atoms with E-state index in [1.807, 2.05) is 0 Å². The first-order valence-corrected chi connectivity index (χ1v) is 6.49. The molecule has 1 fully saturated rings. The van der Waals surface area contributed by atoms with Gasteiger partial charge in [-0.25, -0.2) is 0 Å². The second-order valence-electron chi connectivity index (χ2n) is 4.55. The molecule has 2 atom stereocenters. The van der Waals surface area contributed by atoms with Crippen LogP contribution in [0.4, 0.5) is 0 Å². The number of methoxy groups -OCH3 is 2. The normalized spacial score (nSPS) is 23.5. The summed E-state index contributed by atoms with van der Waals surface area (Å²) in [6.45, 7) is 0. The summed E-state index contributed by atoms with van der Waals surface area (Å²) < 4.78 is 15.8. The molecular weight excluding hydrogens is 248 g/mol. The van der Waals surface area contributed by atoms with Crippen molar-refractivity contribution in [3.8, 4) is 18.0 Å². The molecule has 0 radical (unpaired) electrons. The Morgan fingerprint density at radius 1 is 0.895 bits per heavy atom. The summed E-state index contributed by atoms with van der Waals surface area (Å²) in [7, 11) is 2.96. The molecule has 1 aromatic heterocycles. The fraction of sp³-hybridized carbons (Fsp3) is 0.750. The van der Waals surface area contributed by atoms with Gasteiger partial charge in [-0.3, -0.25) is 0 Å². The Hall–Kier alpha value is -1.63. The number of aromatic nitrogens is 3. The highest BCUT2D eigenvalue weighted by molar-refractivity contribution is 5.09. The fourth-order valence-corrected chi connectivity index (χ4v) is 2.14. The topological polar surface area (TPSA) is 92.4 Å². The summed E-state index contributed by atoms with van der Waals surface area (Å²) in [5, 5.41) is 0. The van der Waals surface area contributed by atoms with Crippen LogP contribution < -0.4 is 19.9 Å². The van der Waals surface area contributed by atoms with E-state index >= 15 is 0 Å². The van der Waals surface area contributed by atoms with Crippen molar-refractivity contribution >= 4 is 0 Å². The SMILES string of the molecule is COc1nc(OC)nc(OC2CCCCCC2N)n1. The predicted molar refractivity (Wildman–Crippen MR) is 68.4 cm³/mol. The maximum atomic E-state index is 6.11. The lowest BCUT2D eigenvalue weighted by Gasteiger charge is -2.21. The maximum absolute atomic E-state index is 6.11. The zero-order valence-electron chi connectivity index (χ0n) is 11.3. The van der Waals surface area contributed by atoms with Gasteiger partial charge in [0.15, 0.2) is 0 Å². The maximum Gasteiger partial charge on any atom is 0.326 e. The Balaban J connectivity index is 2.12. The second kappa shape index (κ2) is 6.51. The van der Waals surface area contributed by atoms with E-state index in [1.165, 1.54) is 20.6 Å². The van der Waals surface area contributed by atoms with Crippen molar-refractivity contribution in [2.75, 3.05) is 14.2 Å². The first-order valence-electron chi connectivity index (χ1n) is 6.49. The third-order valence-electron chi connectivity index (χ3n) is 3.20. The van der Waals surface area contributed by atoms with Crippen molar-refractivity contribution in [2.24, 2.45) is 5.73 Å². The Kier molecular flexibility index (Phi) is 4.73. The average Bonchev–Trinajstić information content (AvgIpc) is 2.63. The summed E-state index contributed by atoms with van der Waals surface area (Å²) in [4.78, 5) is 12.0. The van der Waals surface area contributed by atoms with Gasteiger partial charge in [0.2, 0.25) is 0 Å². The Morgan fingerprint density at radius 3 is 2.11 bits per heavy atom. The summed E-state index contributed by atoms with van der Waals surface area (Å²) in [6, 6.07) is 0.551. The molecule has 1 aliphatic rings. The quantitative estimate of drug-likeness (QED) is 0.812. The second-order valence-corrected chi connectivity index (χ2v) is 4.55. The number of nitrogens with two attached hydrogens (primary N) is 1. The summed E-state index contributed by atoms with van der Waals surface area (Å²) in [6.07, 6.45) is 5.25. The van der Waals surface area contributed by atoms with Crippen molar-refractivity contribution in [1.82, 2.24) is 15.0 Å². The third kappa shape index (κ3) is 3.66. The minimum atomic E-state index is -0.0701. The minimum Gasteiger partial charge on any atom is -0.467 e. The molecule has 1 aliphatic carbocycles. The molecule has 2 N–H and O–H groups in total. The zero-order valence-corrected chi connectivity index (χ0v) is 11.3. The van der Waals surface area contributed by atoms with E-state index in [0.717, 1.165) is 25.7 Å². The number of rotatable bonds is 4. The van der Waals surface area contributed by atoms with Crippen LogP contribution in [0.25, 0.3) is 0 Å². The van der Waals surface area contributed by atoms with Gasteiger partial charge in [0, 0.05) is 6.04 Å². The summed E-state index contributed by atoms with van der Waals surface area (Å²) in [5.41, 5.74) is 6.11. The molecule has 0 bridgehead atoms. The molecule has 0 spiro atoms. The highest BCUT2D eigenvalue weighted by atomic mass is 16.5. The van der Waals surface area contributed by atoms with E-state index in [1.54, 1.807) is 0 Å². The lowest BCUT2D eigenvalue weighted by molar-refractivity contribution is 0.144. The number of nitrogens with zero attached hydrogens (tertiary/aromatic N) is 3. The number of hydrogen-bond acceptors (Lipinski definition) is 7. The van der Waals surface area contributed by atoms with E-state index in [9.17, 15) is 0 Å². The van der Waals surface area contributed by atoms with Gasteiger partial charge in [-0.05, 0) is 19.3 Å². The van der Waals surface area contributed by atoms with Crippen molar-refractivity contribution in [2.45, 2.75) is 44.2 Å². The van der Waals surface area contributed by atoms with E-state index in [-0.39, 0.29) is 30.2 Å². The van der Waals surface area contributed by atoms with E-state index in [4.69, 9.17) is 19.9 Å². The molecule has 7 heteroatoms. The van der Waals surface area contributed by atoms with Crippen molar-refractivity contribution in [3.05, 3.63) is 0 Å². The lowest BCUT2D eigenvalue weighted by atomic mass is 10.1. The van der Waals surface area contributed by atoms with Gasteiger partial charge in [-0.15, -0.1) is 15.0 Å².